The van der Waals surface area contributed by atoms with Crippen LogP contribution < -0.4 is 19.5 Å². The first-order chi connectivity index (χ1) is 12.7. The van der Waals surface area contributed by atoms with E-state index in [-0.39, 0.29) is 11.1 Å². The lowest BCUT2D eigenvalue weighted by atomic mass is 10.2. The fourth-order valence-corrected chi connectivity index (χ4v) is 3.00. The molecule has 1 aliphatic rings. The molecule has 0 spiro atoms. The summed E-state index contributed by atoms with van der Waals surface area (Å²) in [5.41, 5.74) is 0.870. The number of nitrogens with one attached hydrogen (secondary N) is 2. The summed E-state index contributed by atoms with van der Waals surface area (Å²) in [5, 5.41) is 10.0. The molecule has 7 heteroatoms. The molecule has 1 saturated heterocycles. The van der Waals surface area contributed by atoms with Crippen LogP contribution in [0.1, 0.15) is 5.56 Å². The number of carbonyl (C=O) groups is 1. The van der Waals surface area contributed by atoms with Crippen molar-refractivity contribution in [3.63, 3.8) is 0 Å². The number of amides is 1. The molecule has 26 heavy (non-hydrogen) atoms. The highest BCUT2D eigenvalue weighted by atomic mass is 32.2. The number of para-hydroxylation sites is 2. The maximum absolute atomic E-state index is 11.6. The van der Waals surface area contributed by atoms with Crippen molar-refractivity contribution in [1.29, 1.82) is 5.41 Å². The summed E-state index contributed by atoms with van der Waals surface area (Å²) < 4.78 is 16.5. The summed E-state index contributed by atoms with van der Waals surface area (Å²) in [5.74, 6) is 1.84. The van der Waals surface area contributed by atoms with Crippen LogP contribution in [0, 0.1) is 5.41 Å². The number of amidine groups is 1. The largest absolute Gasteiger partial charge is 0.493 e. The van der Waals surface area contributed by atoms with Gasteiger partial charge in [-0.1, -0.05) is 24.3 Å². The fraction of sp³-hybridized carbons (Fsp3) is 0.158. The number of carbonyl (C=O) groups excluding carboxylic acids is 1. The van der Waals surface area contributed by atoms with E-state index in [4.69, 9.17) is 19.6 Å². The molecule has 3 rings (SSSR count). The maximum atomic E-state index is 11.6. The molecular weight excluding hydrogens is 352 g/mol. The fourth-order valence-electron chi connectivity index (χ4n) is 2.30. The Kier molecular flexibility index (Phi) is 5.80. The van der Waals surface area contributed by atoms with E-state index in [1.807, 2.05) is 48.5 Å². The van der Waals surface area contributed by atoms with Crippen LogP contribution in [-0.4, -0.2) is 31.4 Å². The molecule has 134 valence electrons. The predicted octanol–water partition coefficient (Wildman–Crippen LogP) is 3.29. The lowest BCUT2D eigenvalue weighted by Crippen LogP contribution is -2.18. The maximum Gasteiger partial charge on any atom is 0.264 e. The Morgan fingerprint density at radius 3 is 2.38 bits per heavy atom. The third kappa shape index (κ3) is 4.58. The van der Waals surface area contributed by atoms with Crippen LogP contribution in [0.2, 0.25) is 0 Å². The van der Waals surface area contributed by atoms with Crippen LogP contribution in [0.5, 0.6) is 17.2 Å². The third-order valence-corrected chi connectivity index (χ3v) is 4.35. The summed E-state index contributed by atoms with van der Waals surface area (Å²) >= 11 is 1.12. The topological polar surface area (TPSA) is 80.6 Å². The molecule has 0 radical (unpaired) electrons. The average Bonchev–Trinajstić information content (AvgIpc) is 2.97. The molecule has 1 amide bonds. The molecular formula is C19H18N2O4S. The van der Waals surface area contributed by atoms with Crippen molar-refractivity contribution >= 4 is 28.9 Å². The Bertz CT molecular complexity index is 834. The van der Waals surface area contributed by atoms with Gasteiger partial charge in [0.2, 0.25) is 0 Å². The molecule has 2 N–H and O–H groups in total. The molecule has 6 nitrogen and oxygen atoms in total. The Balaban J connectivity index is 1.50. The minimum Gasteiger partial charge on any atom is -0.493 e. The van der Waals surface area contributed by atoms with Gasteiger partial charge in [0.15, 0.2) is 16.7 Å². The van der Waals surface area contributed by atoms with Crippen LogP contribution in [0.15, 0.2) is 53.4 Å². The van der Waals surface area contributed by atoms with Crippen LogP contribution >= 0.6 is 11.8 Å². The highest BCUT2D eigenvalue weighted by molar-refractivity contribution is 8.18. The minimum absolute atomic E-state index is 0.149. The van der Waals surface area contributed by atoms with Crippen molar-refractivity contribution in [2.24, 2.45) is 0 Å². The molecule has 1 aliphatic heterocycles. The van der Waals surface area contributed by atoms with Gasteiger partial charge >= 0.3 is 0 Å². The van der Waals surface area contributed by atoms with Crippen molar-refractivity contribution in [3.05, 3.63) is 59.0 Å². The highest BCUT2D eigenvalue weighted by Crippen LogP contribution is 2.26. The van der Waals surface area contributed by atoms with Gasteiger partial charge in [-0.2, -0.15) is 0 Å². The van der Waals surface area contributed by atoms with Crippen molar-refractivity contribution in [1.82, 2.24) is 5.32 Å². The van der Waals surface area contributed by atoms with E-state index in [1.165, 1.54) is 0 Å². The van der Waals surface area contributed by atoms with E-state index in [9.17, 15) is 4.79 Å². The van der Waals surface area contributed by atoms with Crippen LogP contribution in [0.3, 0.4) is 0 Å². The zero-order valence-electron chi connectivity index (χ0n) is 14.2. The van der Waals surface area contributed by atoms with E-state index in [0.29, 0.717) is 35.4 Å². The molecule has 0 atom stereocenters. The molecule has 0 aliphatic carbocycles. The molecule has 1 fully saturated rings. The Labute approximate surface area is 155 Å². The number of rotatable bonds is 7. The third-order valence-electron chi connectivity index (χ3n) is 3.52. The van der Waals surface area contributed by atoms with Gasteiger partial charge in [-0.05, 0) is 47.7 Å². The molecule has 0 aromatic heterocycles. The van der Waals surface area contributed by atoms with E-state index in [0.717, 1.165) is 17.3 Å². The number of hydrogen-bond donors (Lipinski definition) is 2. The summed E-state index contributed by atoms with van der Waals surface area (Å²) in [7, 11) is 1.60. The molecule has 0 unspecified atom stereocenters. The van der Waals surface area contributed by atoms with E-state index < -0.39 is 0 Å². The Morgan fingerprint density at radius 2 is 1.73 bits per heavy atom. The van der Waals surface area contributed by atoms with Crippen molar-refractivity contribution in [3.8, 4) is 17.2 Å². The average molecular weight is 370 g/mol. The SMILES string of the molecule is COc1ccccc1OCCOc1ccc(C=C2SC(=N)NC2=O)cc1. The molecule has 2 aromatic carbocycles. The first kappa shape index (κ1) is 17.9. The zero-order chi connectivity index (χ0) is 18.4. The standard InChI is InChI=1S/C19H18N2O4S/c1-23-15-4-2-3-5-16(15)25-11-10-24-14-8-6-13(7-9-14)12-17-18(22)21-19(20)26-17/h2-9,12H,10-11H2,1H3,(H2,20,21,22). The summed E-state index contributed by atoms with van der Waals surface area (Å²) in [4.78, 5) is 12.1. The van der Waals surface area contributed by atoms with E-state index >= 15 is 0 Å². The van der Waals surface area contributed by atoms with E-state index in [2.05, 4.69) is 5.32 Å². The van der Waals surface area contributed by atoms with Gasteiger partial charge in [0, 0.05) is 0 Å². The quantitative estimate of drug-likeness (QED) is 0.577. The number of methoxy groups -OCH3 is 1. The van der Waals surface area contributed by atoms with Crippen molar-refractivity contribution < 1.29 is 19.0 Å². The number of hydrogen-bond acceptors (Lipinski definition) is 6. The molecule has 1 heterocycles. The van der Waals surface area contributed by atoms with Crippen LogP contribution in [0.25, 0.3) is 6.08 Å². The number of benzene rings is 2. The van der Waals surface area contributed by atoms with Gasteiger partial charge in [0.1, 0.15) is 19.0 Å². The smallest absolute Gasteiger partial charge is 0.264 e. The second-order valence-corrected chi connectivity index (χ2v) is 6.36. The van der Waals surface area contributed by atoms with Gasteiger partial charge in [0.25, 0.3) is 5.91 Å². The summed E-state index contributed by atoms with van der Waals surface area (Å²) in [6.07, 6.45) is 1.75. The highest BCUT2D eigenvalue weighted by Gasteiger charge is 2.21. The lowest BCUT2D eigenvalue weighted by molar-refractivity contribution is -0.115. The normalized spacial score (nSPS) is 15.0. The number of ether oxygens (including phenoxy) is 3. The number of thioether (sulfide) groups is 1. The second-order valence-electron chi connectivity index (χ2n) is 5.31. The first-order valence-electron chi connectivity index (χ1n) is 7.94. The Hall–Kier alpha value is -2.93. The predicted molar refractivity (Wildman–Crippen MR) is 102 cm³/mol. The van der Waals surface area contributed by atoms with Gasteiger partial charge in [-0.15, -0.1) is 0 Å². The minimum atomic E-state index is -0.242. The van der Waals surface area contributed by atoms with Gasteiger partial charge in [-0.25, -0.2) is 0 Å². The Morgan fingerprint density at radius 1 is 1.04 bits per heavy atom. The van der Waals surface area contributed by atoms with Crippen LogP contribution in [-0.2, 0) is 4.79 Å². The molecule has 0 saturated carbocycles. The van der Waals surface area contributed by atoms with Crippen molar-refractivity contribution in [2.45, 2.75) is 0 Å². The molecule has 2 aromatic rings. The zero-order valence-corrected chi connectivity index (χ0v) is 15.0. The lowest BCUT2D eigenvalue weighted by Gasteiger charge is -2.11. The summed E-state index contributed by atoms with van der Waals surface area (Å²) in [6.45, 7) is 0.791. The first-order valence-corrected chi connectivity index (χ1v) is 8.75. The van der Waals surface area contributed by atoms with Gasteiger partial charge < -0.3 is 19.5 Å². The summed E-state index contributed by atoms with van der Waals surface area (Å²) in [6, 6.07) is 14.8. The second kappa shape index (κ2) is 8.44. The van der Waals surface area contributed by atoms with Crippen LogP contribution in [0.4, 0.5) is 0 Å². The van der Waals surface area contributed by atoms with Crippen molar-refractivity contribution in [2.75, 3.05) is 20.3 Å². The monoisotopic (exact) mass is 370 g/mol. The van der Waals surface area contributed by atoms with Gasteiger partial charge in [-0.3, -0.25) is 10.2 Å². The molecule has 0 bridgehead atoms. The van der Waals surface area contributed by atoms with Gasteiger partial charge in [0.05, 0.1) is 12.0 Å². The van der Waals surface area contributed by atoms with E-state index in [1.54, 1.807) is 13.2 Å².